The second kappa shape index (κ2) is 8.32. The first-order valence-electron chi connectivity index (χ1n) is 10.2. The number of nitrogens with zero attached hydrogens (tertiary/aromatic N) is 2. The largest absolute Gasteiger partial charge is 0.279 e. The van der Waals surface area contributed by atoms with Crippen LogP contribution in [-0.4, -0.2) is 10.9 Å². The number of benzene rings is 3. The average molecular weight is 477 g/mol. The van der Waals surface area contributed by atoms with Crippen molar-refractivity contribution < 1.29 is 4.79 Å². The fraction of sp³-hybridized carbons (Fsp3) is 0.200. The van der Waals surface area contributed by atoms with E-state index in [4.69, 9.17) is 4.98 Å². The number of carbonyl (C=O) groups excluding carboxylic acids is 1. The molecule has 1 aliphatic carbocycles. The zero-order chi connectivity index (χ0) is 20.5. The molecule has 0 aliphatic heterocycles. The van der Waals surface area contributed by atoms with E-state index >= 15 is 0 Å². The van der Waals surface area contributed by atoms with Gasteiger partial charge >= 0.3 is 0 Å². The summed E-state index contributed by atoms with van der Waals surface area (Å²) in [5.74, 6) is 0.00495. The van der Waals surface area contributed by atoms with Gasteiger partial charge in [0.25, 0.3) is 5.91 Å². The van der Waals surface area contributed by atoms with Crippen LogP contribution in [0.4, 0.5) is 5.13 Å². The van der Waals surface area contributed by atoms with Crippen LogP contribution >= 0.6 is 27.3 Å². The Morgan fingerprint density at radius 3 is 2.60 bits per heavy atom. The Morgan fingerprint density at radius 2 is 1.77 bits per heavy atom. The molecule has 5 heteroatoms. The summed E-state index contributed by atoms with van der Waals surface area (Å²) in [6.07, 6.45) is 4.61. The molecule has 1 amide bonds. The Hall–Kier alpha value is -2.50. The first kappa shape index (κ1) is 19.5. The van der Waals surface area contributed by atoms with E-state index in [1.54, 1.807) is 11.3 Å². The number of hydrogen-bond acceptors (Lipinski definition) is 3. The lowest BCUT2D eigenvalue weighted by Gasteiger charge is -2.22. The molecule has 0 radical (unpaired) electrons. The van der Waals surface area contributed by atoms with Crippen molar-refractivity contribution in [2.24, 2.45) is 0 Å². The van der Waals surface area contributed by atoms with Gasteiger partial charge in [0, 0.05) is 10.0 Å². The van der Waals surface area contributed by atoms with Crippen LogP contribution in [0.15, 0.2) is 71.2 Å². The highest BCUT2D eigenvalue weighted by molar-refractivity contribution is 9.10. The summed E-state index contributed by atoms with van der Waals surface area (Å²) in [6.45, 7) is 0.498. The SMILES string of the molecule is O=C(c1ccc2c(c1)CCCC2)N(Cc1ccccc1)c1nc2ccc(Br)cc2s1. The molecule has 0 saturated carbocycles. The first-order chi connectivity index (χ1) is 14.7. The quantitative estimate of drug-likeness (QED) is 0.325. The number of fused-ring (bicyclic) bond motifs is 2. The third-order valence-corrected chi connectivity index (χ3v) is 7.13. The Kier molecular flexibility index (Phi) is 5.40. The summed E-state index contributed by atoms with van der Waals surface area (Å²) in [6, 6.07) is 22.4. The van der Waals surface area contributed by atoms with E-state index in [0.29, 0.717) is 6.54 Å². The fourth-order valence-corrected chi connectivity index (χ4v) is 5.53. The molecule has 4 aromatic rings. The van der Waals surface area contributed by atoms with Crippen LogP contribution in [0.5, 0.6) is 0 Å². The molecule has 0 fully saturated rings. The van der Waals surface area contributed by atoms with E-state index in [9.17, 15) is 4.79 Å². The third kappa shape index (κ3) is 3.92. The van der Waals surface area contributed by atoms with E-state index in [-0.39, 0.29) is 5.91 Å². The highest BCUT2D eigenvalue weighted by atomic mass is 79.9. The number of thiazole rings is 1. The highest BCUT2D eigenvalue weighted by Crippen LogP contribution is 2.33. The van der Waals surface area contributed by atoms with Crippen LogP contribution in [0.1, 0.15) is 39.9 Å². The predicted octanol–water partition coefficient (Wildman–Crippen LogP) is 6.78. The molecular formula is C25H21BrN2OS. The Bertz CT molecular complexity index is 1220. The monoisotopic (exact) mass is 476 g/mol. The van der Waals surface area contributed by atoms with Gasteiger partial charge in [-0.1, -0.05) is 63.7 Å². The number of rotatable bonds is 4. The van der Waals surface area contributed by atoms with Crippen LogP contribution in [0.25, 0.3) is 10.2 Å². The Labute approximate surface area is 188 Å². The van der Waals surface area contributed by atoms with Gasteiger partial charge in [-0.15, -0.1) is 0 Å². The molecule has 1 aliphatic rings. The standard InChI is InChI=1S/C25H21BrN2OS/c26-21-12-13-22-23(15-21)30-25(27-22)28(16-17-6-2-1-3-7-17)24(29)20-11-10-18-8-4-5-9-19(18)14-20/h1-3,6-7,10-15H,4-5,8-9,16H2. The second-order valence-electron chi connectivity index (χ2n) is 7.68. The van der Waals surface area contributed by atoms with E-state index in [1.807, 2.05) is 41.3 Å². The summed E-state index contributed by atoms with van der Waals surface area (Å²) in [4.78, 5) is 20.3. The van der Waals surface area contributed by atoms with Crippen molar-refractivity contribution in [2.75, 3.05) is 4.90 Å². The van der Waals surface area contributed by atoms with Crippen LogP contribution in [0.2, 0.25) is 0 Å². The Morgan fingerprint density at radius 1 is 0.967 bits per heavy atom. The van der Waals surface area contributed by atoms with Gasteiger partial charge in [-0.3, -0.25) is 9.69 Å². The maximum Gasteiger partial charge on any atom is 0.260 e. The maximum absolute atomic E-state index is 13.7. The number of halogens is 1. The average Bonchev–Trinajstić information content (AvgIpc) is 3.20. The van der Waals surface area contributed by atoms with Gasteiger partial charge in [0.15, 0.2) is 5.13 Å². The molecule has 5 rings (SSSR count). The zero-order valence-corrected chi connectivity index (χ0v) is 18.9. The van der Waals surface area contributed by atoms with Crippen molar-refractivity contribution in [2.45, 2.75) is 32.2 Å². The number of anilines is 1. The molecule has 3 aromatic carbocycles. The summed E-state index contributed by atoms with van der Waals surface area (Å²) < 4.78 is 2.08. The number of carbonyl (C=O) groups is 1. The smallest absolute Gasteiger partial charge is 0.260 e. The van der Waals surface area contributed by atoms with Gasteiger partial charge < -0.3 is 0 Å². The van der Waals surface area contributed by atoms with Crippen LogP contribution in [0, 0.1) is 0 Å². The normalized spacial score (nSPS) is 13.2. The van der Waals surface area contributed by atoms with Gasteiger partial charge in [0.2, 0.25) is 0 Å². The molecule has 3 nitrogen and oxygen atoms in total. The van der Waals surface area contributed by atoms with Crippen molar-refractivity contribution in [3.63, 3.8) is 0 Å². The molecule has 0 atom stereocenters. The number of aromatic nitrogens is 1. The number of aryl methyl sites for hydroxylation is 2. The van der Waals surface area contributed by atoms with Crippen molar-refractivity contribution in [1.29, 1.82) is 0 Å². The van der Waals surface area contributed by atoms with Gasteiger partial charge in [0.05, 0.1) is 16.8 Å². The van der Waals surface area contributed by atoms with E-state index < -0.39 is 0 Å². The van der Waals surface area contributed by atoms with Crippen LogP contribution < -0.4 is 4.90 Å². The van der Waals surface area contributed by atoms with Crippen LogP contribution in [0.3, 0.4) is 0 Å². The molecule has 30 heavy (non-hydrogen) atoms. The summed E-state index contributed by atoms with van der Waals surface area (Å²) in [5.41, 5.74) is 5.45. The minimum absolute atomic E-state index is 0.00495. The zero-order valence-electron chi connectivity index (χ0n) is 16.5. The van der Waals surface area contributed by atoms with Gasteiger partial charge in [-0.05, 0) is 72.7 Å². The highest BCUT2D eigenvalue weighted by Gasteiger charge is 2.23. The molecular weight excluding hydrogens is 456 g/mol. The third-order valence-electron chi connectivity index (χ3n) is 5.59. The maximum atomic E-state index is 13.7. The van der Waals surface area contributed by atoms with Gasteiger partial charge in [-0.25, -0.2) is 4.98 Å². The van der Waals surface area contributed by atoms with Gasteiger partial charge in [-0.2, -0.15) is 0 Å². The van der Waals surface area contributed by atoms with E-state index in [0.717, 1.165) is 43.8 Å². The topological polar surface area (TPSA) is 33.2 Å². The first-order valence-corrected chi connectivity index (χ1v) is 11.8. The molecule has 0 unspecified atom stereocenters. The second-order valence-corrected chi connectivity index (χ2v) is 9.60. The summed E-state index contributed by atoms with van der Waals surface area (Å²) in [5, 5.41) is 0.731. The predicted molar refractivity (Wildman–Crippen MR) is 127 cm³/mol. The Balaban J connectivity index is 1.55. The minimum Gasteiger partial charge on any atom is -0.279 e. The summed E-state index contributed by atoms with van der Waals surface area (Å²) >= 11 is 5.09. The number of amides is 1. The molecule has 1 aromatic heterocycles. The van der Waals surface area contributed by atoms with Gasteiger partial charge in [0.1, 0.15) is 0 Å². The van der Waals surface area contributed by atoms with Crippen LogP contribution in [-0.2, 0) is 19.4 Å². The van der Waals surface area contributed by atoms with Crippen molar-refractivity contribution in [3.8, 4) is 0 Å². The van der Waals surface area contributed by atoms with Crippen molar-refractivity contribution >= 4 is 48.5 Å². The molecule has 0 N–H and O–H groups in total. The van der Waals surface area contributed by atoms with E-state index in [1.165, 1.54) is 24.0 Å². The molecule has 0 spiro atoms. The fourth-order valence-electron chi connectivity index (χ4n) is 4.02. The molecule has 0 bridgehead atoms. The molecule has 0 saturated heterocycles. The lowest BCUT2D eigenvalue weighted by atomic mass is 9.90. The molecule has 1 heterocycles. The van der Waals surface area contributed by atoms with E-state index in [2.05, 4.69) is 46.3 Å². The lowest BCUT2D eigenvalue weighted by Crippen LogP contribution is -2.30. The number of hydrogen-bond donors (Lipinski definition) is 0. The summed E-state index contributed by atoms with van der Waals surface area (Å²) in [7, 11) is 0. The minimum atomic E-state index is 0.00495. The van der Waals surface area contributed by atoms with Crippen molar-refractivity contribution in [1.82, 2.24) is 4.98 Å². The molecule has 150 valence electrons. The van der Waals surface area contributed by atoms with Crippen molar-refractivity contribution in [3.05, 3.63) is 93.5 Å². The lowest BCUT2D eigenvalue weighted by molar-refractivity contribution is 0.0985.